The van der Waals surface area contributed by atoms with Gasteiger partial charge >= 0.3 is 0 Å². The number of aromatic nitrogens is 2. The first-order valence-electron chi connectivity index (χ1n) is 8.20. The van der Waals surface area contributed by atoms with Crippen molar-refractivity contribution < 1.29 is 4.79 Å². The molecule has 2 aromatic heterocycles. The first-order chi connectivity index (χ1) is 12.0. The van der Waals surface area contributed by atoms with Crippen molar-refractivity contribution in [3.8, 4) is 0 Å². The average Bonchev–Trinajstić information content (AvgIpc) is 3.05. The Kier molecular flexibility index (Phi) is 4.57. The van der Waals surface area contributed by atoms with Gasteiger partial charge in [0.1, 0.15) is 5.82 Å². The van der Waals surface area contributed by atoms with Gasteiger partial charge in [0, 0.05) is 36.4 Å². The van der Waals surface area contributed by atoms with Crippen LogP contribution in [0.4, 0.5) is 5.82 Å². The van der Waals surface area contributed by atoms with E-state index in [0.29, 0.717) is 5.82 Å². The lowest BCUT2D eigenvalue weighted by Gasteiger charge is -2.23. The number of amides is 1. The van der Waals surface area contributed by atoms with Crippen LogP contribution in [-0.4, -0.2) is 27.8 Å². The highest BCUT2D eigenvalue weighted by Crippen LogP contribution is 2.29. The zero-order valence-electron chi connectivity index (χ0n) is 14.7. The minimum atomic E-state index is -0.0636. The molecule has 3 N–H and O–H groups in total. The predicted molar refractivity (Wildman–Crippen MR) is 102 cm³/mol. The molecule has 3 aromatic rings. The number of nitrogens with two attached hydrogens (primary N) is 1. The largest absolute Gasteiger partial charge is 0.384 e. The molecule has 1 aromatic carbocycles. The summed E-state index contributed by atoms with van der Waals surface area (Å²) in [6.07, 6.45) is 6.94. The zero-order chi connectivity index (χ0) is 18.0. The number of H-pyrrole nitrogens is 1. The Labute approximate surface area is 147 Å². The van der Waals surface area contributed by atoms with Gasteiger partial charge in [-0.1, -0.05) is 18.2 Å². The Morgan fingerprint density at radius 2 is 2.12 bits per heavy atom. The fraction of sp³-hybridized carbons (Fsp3) is 0.200. The number of nitrogens with zero attached hydrogens (tertiary/aromatic N) is 2. The van der Waals surface area contributed by atoms with E-state index in [1.165, 1.54) is 5.56 Å². The van der Waals surface area contributed by atoms with Crippen LogP contribution in [0.25, 0.3) is 17.0 Å². The van der Waals surface area contributed by atoms with Gasteiger partial charge in [-0.25, -0.2) is 4.98 Å². The molecule has 0 bridgehead atoms. The van der Waals surface area contributed by atoms with Crippen LogP contribution in [0, 0.1) is 6.92 Å². The van der Waals surface area contributed by atoms with Gasteiger partial charge in [0.25, 0.3) is 0 Å². The second-order valence-corrected chi connectivity index (χ2v) is 6.22. The highest BCUT2D eigenvalue weighted by molar-refractivity contribution is 5.93. The van der Waals surface area contributed by atoms with Gasteiger partial charge in [0.2, 0.25) is 5.91 Å². The monoisotopic (exact) mass is 334 g/mol. The lowest BCUT2D eigenvalue weighted by Crippen LogP contribution is -2.27. The molecule has 0 aliphatic heterocycles. The Morgan fingerprint density at radius 3 is 2.84 bits per heavy atom. The van der Waals surface area contributed by atoms with Crippen molar-refractivity contribution in [3.63, 3.8) is 0 Å². The normalized spacial score (nSPS) is 12.6. The Hall–Kier alpha value is -3.08. The molecule has 0 saturated carbocycles. The van der Waals surface area contributed by atoms with Crippen LogP contribution in [-0.2, 0) is 4.79 Å². The van der Waals surface area contributed by atoms with Crippen molar-refractivity contribution in [3.05, 3.63) is 65.5 Å². The van der Waals surface area contributed by atoms with Gasteiger partial charge < -0.3 is 15.6 Å². The number of rotatable bonds is 4. The topological polar surface area (TPSA) is 75.0 Å². The number of benzene rings is 1. The van der Waals surface area contributed by atoms with Crippen LogP contribution >= 0.6 is 0 Å². The second-order valence-electron chi connectivity index (χ2n) is 6.22. The molecule has 1 atom stereocenters. The van der Waals surface area contributed by atoms with E-state index in [-0.39, 0.29) is 11.9 Å². The molecule has 128 valence electrons. The first kappa shape index (κ1) is 16.8. The minimum absolute atomic E-state index is 0.0442. The number of carbonyl (C=O) groups is 1. The van der Waals surface area contributed by atoms with Crippen LogP contribution in [0.3, 0.4) is 0 Å². The van der Waals surface area contributed by atoms with Gasteiger partial charge in [0.15, 0.2) is 0 Å². The summed E-state index contributed by atoms with van der Waals surface area (Å²) in [5.74, 6) is 0.398. The number of hydrogen-bond acceptors (Lipinski definition) is 3. The first-order valence-corrected chi connectivity index (χ1v) is 8.20. The van der Waals surface area contributed by atoms with Gasteiger partial charge in [-0.3, -0.25) is 4.79 Å². The van der Waals surface area contributed by atoms with Crippen molar-refractivity contribution >= 4 is 28.7 Å². The molecule has 0 aliphatic rings. The maximum Gasteiger partial charge on any atom is 0.246 e. The molecule has 0 saturated heterocycles. The molecule has 1 amide bonds. The van der Waals surface area contributed by atoms with Crippen molar-refractivity contribution in [2.24, 2.45) is 0 Å². The van der Waals surface area contributed by atoms with E-state index in [9.17, 15) is 4.79 Å². The van der Waals surface area contributed by atoms with E-state index < -0.39 is 0 Å². The third-order valence-electron chi connectivity index (χ3n) is 4.56. The summed E-state index contributed by atoms with van der Waals surface area (Å²) in [5, 5.41) is 1.15. The number of fused-ring (bicyclic) bond motifs is 1. The lowest BCUT2D eigenvalue weighted by molar-refractivity contribution is -0.126. The third-order valence-corrected chi connectivity index (χ3v) is 4.56. The SMILES string of the molecule is Cc1cccc2c(C(C)N(C)C(=O)/C=C/c3ccc(N)nc3)c[nH]c12. The summed E-state index contributed by atoms with van der Waals surface area (Å²) in [5.41, 5.74) is 9.83. The molecule has 0 aliphatic carbocycles. The quantitative estimate of drug-likeness (QED) is 0.715. The van der Waals surface area contributed by atoms with Crippen molar-refractivity contribution in [2.75, 3.05) is 12.8 Å². The Balaban J connectivity index is 1.79. The molecule has 0 fully saturated rings. The highest BCUT2D eigenvalue weighted by atomic mass is 16.2. The van der Waals surface area contributed by atoms with E-state index in [4.69, 9.17) is 5.73 Å². The van der Waals surface area contributed by atoms with Crippen LogP contribution < -0.4 is 5.73 Å². The molecular weight excluding hydrogens is 312 g/mol. The number of nitrogens with one attached hydrogen (secondary N) is 1. The molecule has 0 spiro atoms. The summed E-state index contributed by atoms with van der Waals surface area (Å²) in [7, 11) is 1.81. The number of carbonyl (C=O) groups excluding carboxylic acids is 1. The fourth-order valence-corrected chi connectivity index (χ4v) is 2.87. The zero-order valence-corrected chi connectivity index (χ0v) is 14.7. The summed E-state index contributed by atoms with van der Waals surface area (Å²) in [6, 6.07) is 9.70. The van der Waals surface area contributed by atoms with Crippen LogP contribution in [0.5, 0.6) is 0 Å². The van der Waals surface area contributed by atoms with Crippen LogP contribution in [0.15, 0.2) is 48.8 Å². The minimum Gasteiger partial charge on any atom is -0.384 e. The van der Waals surface area contributed by atoms with E-state index >= 15 is 0 Å². The smallest absolute Gasteiger partial charge is 0.246 e. The number of likely N-dealkylation sites (N-methyl/N-ethyl adjacent to an activating group) is 1. The number of pyridine rings is 1. The molecule has 25 heavy (non-hydrogen) atoms. The number of para-hydroxylation sites is 1. The molecule has 1 unspecified atom stereocenters. The Bertz CT molecular complexity index is 925. The van der Waals surface area contributed by atoms with E-state index in [0.717, 1.165) is 22.0 Å². The summed E-state index contributed by atoms with van der Waals surface area (Å²) < 4.78 is 0. The number of anilines is 1. The standard InChI is InChI=1S/C20H22N4O/c1-13-5-4-6-16-17(12-23-20(13)16)14(2)24(3)19(25)10-8-15-7-9-18(21)22-11-15/h4-12,14,23H,1-3H3,(H2,21,22)/b10-8+. The van der Waals surface area contributed by atoms with Crippen molar-refractivity contribution in [1.82, 2.24) is 14.9 Å². The van der Waals surface area contributed by atoms with E-state index in [2.05, 4.69) is 29.0 Å². The van der Waals surface area contributed by atoms with Crippen LogP contribution in [0.2, 0.25) is 0 Å². The molecule has 0 radical (unpaired) electrons. The molecule has 5 nitrogen and oxygen atoms in total. The maximum atomic E-state index is 12.5. The number of nitrogen functional groups attached to an aromatic ring is 1. The van der Waals surface area contributed by atoms with Gasteiger partial charge in [0.05, 0.1) is 6.04 Å². The number of aromatic amines is 1. The fourth-order valence-electron chi connectivity index (χ4n) is 2.87. The lowest BCUT2D eigenvalue weighted by atomic mass is 10.0. The molecular formula is C20H22N4O. The second kappa shape index (κ2) is 6.81. The van der Waals surface area contributed by atoms with Crippen molar-refractivity contribution in [1.29, 1.82) is 0 Å². The van der Waals surface area contributed by atoms with Gasteiger partial charge in [-0.05, 0) is 48.7 Å². The summed E-state index contributed by atoms with van der Waals surface area (Å²) in [6.45, 7) is 4.10. The third kappa shape index (κ3) is 3.40. The van der Waals surface area contributed by atoms with E-state index in [1.54, 1.807) is 29.3 Å². The number of aryl methyl sites for hydroxylation is 1. The average molecular weight is 334 g/mol. The van der Waals surface area contributed by atoms with Crippen LogP contribution in [0.1, 0.15) is 29.7 Å². The number of hydrogen-bond donors (Lipinski definition) is 2. The van der Waals surface area contributed by atoms with Gasteiger partial charge in [-0.15, -0.1) is 0 Å². The van der Waals surface area contributed by atoms with E-state index in [1.807, 2.05) is 32.3 Å². The predicted octanol–water partition coefficient (Wildman–Crippen LogP) is 3.69. The summed E-state index contributed by atoms with van der Waals surface area (Å²) >= 11 is 0. The summed E-state index contributed by atoms with van der Waals surface area (Å²) in [4.78, 5) is 21.6. The molecule has 2 heterocycles. The highest BCUT2D eigenvalue weighted by Gasteiger charge is 2.19. The Morgan fingerprint density at radius 1 is 1.32 bits per heavy atom. The molecule has 3 rings (SSSR count). The van der Waals surface area contributed by atoms with Crippen molar-refractivity contribution in [2.45, 2.75) is 19.9 Å². The molecule has 5 heteroatoms. The van der Waals surface area contributed by atoms with Gasteiger partial charge in [-0.2, -0.15) is 0 Å². The maximum absolute atomic E-state index is 12.5.